The van der Waals surface area contributed by atoms with Crippen molar-refractivity contribution in [1.29, 1.82) is 0 Å². The summed E-state index contributed by atoms with van der Waals surface area (Å²) in [7, 11) is -3.80. The summed E-state index contributed by atoms with van der Waals surface area (Å²) in [6, 6.07) is 4.20. The average molecular weight is 418 g/mol. The highest BCUT2D eigenvalue weighted by atomic mass is 32.2. The lowest BCUT2D eigenvalue weighted by molar-refractivity contribution is -0.0886. The maximum Gasteiger partial charge on any atom is 0.315 e. The van der Waals surface area contributed by atoms with E-state index in [2.05, 4.69) is 15.4 Å². The number of hydrogen-bond acceptors (Lipinski definition) is 5. The van der Waals surface area contributed by atoms with Crippen molar-refractivity contribution in [3.8, 4) is 0 Å². The Labute approximate surface area is 164 Å². The molecule has 0 saturated carbocycles. The number of urea groups is 1. The first-order valence-corrected chi connectivity index (χ1v) is 10.9. The summed E-state index contributed by atoms with van der Waals surface area (Å²) >= 11 is 0. The molecular weight excluding hydrogens is 389 g/mol. The zero-order valence-electron chi connectivity index (χ0n) is 15.9. The second-order valence-electron chi connectivity index (χ2n) is 6.71. The summed E-state index contributed by atoms with van der Waals surface area (Å²) in [4.78, 5) is 11.7. The molecule has 2 amide bonds. The van der Waals surface area contributed by atoms with Crippen LogP contribution in [0.15, 0.2) is 29.2 Å². The minimum Gasteiger partial charge on any atom is -0.394 e. The van der Waals surface area contributed by atoms with Crippen LogP contribution < -0.4 is 15.4 Å². The van der Waals surface area contributed by atoms with E-state index in [0.29, 0.717) is 25.8 Å². The molecule has 1 aliphatic rings. The van der Waals surface area contributed by atoms with Crippen LogP contribution in [0.4, 0.5) is 9.18 Å². The highest BCUT2D eigenvalue weighted by Gasteiger charge is 2.31. The van der Waals surface area contributed by atoms with Gasteiger partial charge in [0.15, 0.2) is 0 Å². The van der Waals surface area contributed by atoms with Gasteiger partial charge in [-0.05, 0) is 43.9 Å². The largest absolute Gasteiger partial charge is 0.394 e. The highest BCUT2D eigenvalue weighted by molar-refractivity contribution is 7.89. The Hall–Kier alpha value is -1.75. The summed E-state index contributed by atoms with van der Waals surface area (Å²) in [5.74, 6) is -0.620. The van der Waals surface area contributed by atoms with Crippen molar-refractivity contribution in [3.05, 3.63) is 30.1 Å². The number of carbonyl (C=O) groups excluding carboxylic acids is 1. The van der Waals surface area contributed by atoms with E-state index >= 15 is 0 Å². The molecule has 1 aromatic rings. The predicted octanol–water partition coefficient (Wildman–Crippen LogP) is 1.11. The van der Waals surface area contributed by atoms with Crippen LogP contribution in [0.25, 0.3) is 0 Å². The van der Waals surface area contributed by atoms with E-state index in [1.807, 2.05) is 6.92 Å². The van der Waals surface area contributed by atoms with Gasteiger partial charge in [0.1, 0.15) is 11.9 Å². The Morgan fingerprint density at radius 1 is 1.32 bits per heavy atom. The second-order valence-corrected chi connectivity index (χ2v) is 8.47. The van der Waals surface area contributed by atoms with Crippen molar-refractivity contribution < 1.29 is 27.4 Å². The number of hydrogen-bond donors (Lipinski definition) is 4. The van der Waals surface area contributed by atoms with Crippen LogP contribution in [0.3, 0.4) is 0 Å². The SMILES string of the molecule is CCCNC(=O)N[C@H]1CC[C@@H](CCNS(=O)(=O)c2cccc(F)c2)O[C@@H]1CO. The zero-order chi connectivity index (χ0) is 20.6. The third kappa shape index (κ3) is 6.69. The van der Waals surface area contributed by atoms with Gasteiger partial charge in [-0.1, -0.05) is 13.0 Å². The van der Waals surface area contributed by atoms with Gasteiger partial charge in [-0.15, -0.1) is 0 Å². The number of sulfonamides is 1. The maximum atomic E-state index is 13.2. The van der Waals surface area contributed by atoms with Gasteiger partial charge in [-0.3, -0.25) is 0 Å². The van der Waals surface area contributed by atoms with Gasteiger partial charge < -0.3 is 20.5 Å². The van der Waals surface area contributed by atoms with E-state index in [-0.39, 0.29) is 36.2 Å². The first-order chi connectivity index (χ1) is 13.4. The molecule has 3 atom stereocenters. The Morgan fingerprint density at radius 2 is 2.11 bits per heavy atom. The van der Waals surface area contributed by atoms with Crippen LogP contribution >= 0.6 is 0 Å². The molecule has 1 aliphatic heterocycles. The summed E-state index contributed by atoms with van der Waals surface area (Å²) in [5.41, 5.74) is 0. The van der Waals surface area contributed by atoms with Crippen molar-refractivity contribution in [2.75, 3.05) is 19.7 Å². The first-order valence-electron chi connectivity index (χ1n) is 9.41. The maximum absolute atomic E-state index is 13.2. The van der Waals surface area contributed by atoms with E-state index in [0.717, 1.165) is 12.5 Å². The van der Waals surface area contributed by atoms with Crippen LogP contribution in [-0.2, 0) is 14.8 Å². The summed E-state index contributed by atoms with van der Waals surface area (Å²) in [5, 5.41) is 15.1. The van der Waals surface area contributed by atoms with Crippen LogP contribution in [0, 0.1) is 5.82 Å². The Bertz CT molecular complexity index is 746. The molecule has 1 aromatic carbocycles. The van der Waals surface area contributed by atoms with Crippen molar-refractivity contribution in [1.82, 2.24) is 15.4 Å². The fourth-order valence-corrected chi connectivity index (χ4v) is 4.12. The number of aliphatic hydroxyl groups excluding tert-OH is 1. The first kappa shape index (κ1) is 22.5. The number of benzene rings is 1. The molecule has 10 heteroatoms. The summed E-state index contributed by atoms with van der Waals surface area (Å²) in [6.45, 7) is 2.39. The van der Waals surface area contributed by atoms with Gasteiger partial charge >= 0.3 is 6.03 Å². The lowest BCUT2D eigenvalue weighted by atomic mass is 9.97. The number of halogens is 1. The fraction of sp³-hybridized carbons (Fsp3) is 0.611. The molecule has 0 spiro atoms. The lowest BCUT2D eigenvalue weighted by Gasteiger charge is -2.36. The monoisotopic (exact) mass is 417 g/mol. The van der Waals surface area contributed by atoms with Gasteiger partial charge in [0.2, 0.25) is 10.0 Å². The molecule has 2 rings (SSSR count). The van der Waals surface area contributed by atoms with Crippen molar-refractivity contribution in [2.45, 2.75) is 55.8 Å². The van der Waals surface area contributed by atoms with Gasteiger partial charge in [0.05, 0.1) is 23.6 Å². The van der Waals surface area contributed by atoms with Crippen LogP contribution in [-0.4, -0.2) is 57.5 Å². The number of rotatable bonds is 9. The number of carbonyl (C=O) groups is 1. The van der Waals surface area contributed by atoms with Crippen molar-refractivity contribution in [3.63, 3.8) is 0 Å². The van der Waals surface area contributed by atoms with Gasteiger partial charge in [0, 0.05) is 13.1 Å². The highest BCUT2D eigenvalue weighted by Crippen LogP contribution is 2.22. The van der Waals surface area contributed by atoms with Crippen molar-refractivity contribution >= 4 is 16.1 Å². The van der Waals surface area contributed by atoms with E-state index in [1.165, 1.54) is 18.2 Å². The van der Waals surface area contributed by atoms with E-state index in [9.17, 15) is 22.7 Å². The minimum atomic E-state index is -3.80. The molecular formula is C18H28FN3O5S. The third-order valence-corrected chi connectivity index (χ3v) is 5.97. The number of amides is 2. The van der Waals surface area contributed by atoms with Gasteiger partial charge in [0.25, 0.3) is 0 Å². The number of ether oxygens (including phenoxy) is 1. The molecule has 1 saturated heterocycles. The van der Waals surface area contributed by atoms with E-state index in [1.54, 1.807) is 0 Å². The topological polar surface area (TPSA) is 117 Å². The minimum absolute atomic E-state index is 0.122. The summed E-state index contributed by atoms with van der Waals surface area (Å²) in [6.07, 6.45) is 1.67. The smallest absolute Gasteiger partial charge is 0.315 e. The van der Waals surface area contributed by atoms with Gasteiger partial charge in [-0.25, -0.2) is 22.3 Å². The van der Waals surface area contributed by atoms with Gasteiger partial charge in [-0.2, -0.15) is 0 Å². The van der Waals surface area contributed by atoms with Crippen LogP contribution in [0.2, 0.25) is 0 Å². The molecule has 4 N–H and O–H groups in total. The zero-order valence-corrected chi connectivity index (χ0v) is 16.7. The molecule has 8 nitrogen and oxygen atoms in total. The Morgan fingerprint density at radius 3 is 2.79 bits per heavy atom. The Balaban J connectivity index is 1.81. The fourth-order valence-electron chi connectivity index (χ4n) is 3.04. The molecule has 28 heavy (non-hydrogen) atoms. The van der Waals surface area contributed by atoms with E-state index in [4.69, 9.17) is 4.74 Å². The molecule has 0 bridgehead atoms. The molecule has 0 radical (unpaired) electrons. The lowest BCUT2D eigenvalue weighted by Crippen LogP contribution is -2.53. The Kier molecular flexibility index (Phi) is 8.61. The third-order valence-electron chi connectivity index (χ3n) is 4.51. The predicted molar refractivity (Wildman–Crippen MR) is 102 cm³/mol. The standard InChI is InChI=1S/C18H28FN3O5S/c1-2-9-20-18(24)22-16-7-6-14(27-17(16)12-23)8-10-21-28(25,26)15-5-3-4-13(19)11-15/h3-5,11,14,16-17,21,23H,2,6-10,12H2,1H3,(H2,20,22,24)/t14-,16-,17+/m0/s1. The summed E-state index contributed by atoms with van der Waals surface area (Å²) < 4.78 is 45.8. The quantitative estimate of drug-likeness (QED) is 0.480. The van der Waals surface area contributed by atoms with Crippen LogP contribution in [0.5, 0.6) is 0 Å². The molecule has 1 heterocycles. The second kappa shape index (κ2) is 10.7. The van der Waals surface area contributed by atoms with E-state index < -0.39 is 21.9 Å². The molecule has 0 aliphatic carbocycles. The molecule has 0 unspecified atom stereocenters. The number of aliphatic hydroxyl groups is 1. The normalized spacial score (nSPS) is 22.6. The van der Waals surface area contributed by atoms with Crippen molar-refractivity contribution in [2.24, 2.45) is 0 Å². The van der Waals surface area contributed by atoms with Crippen LogP contribution in [0.1, 0.15) is 32.6 Å². The molecule has 0 aromatic heterocycles. The average Bonchev–Trinajstić information content (AvgIpc) is 2.67. The number of nitrogens with one attached hydrogen (secondary N) is 3. The molecule has 158 valence electrons. The molecule has 1 fully saturated rings.